The molecule has 0 saturated heterocycles. The van der Waals surface area contributed by atoms with E-state index < -0.39 is 4.92 Å². The fourth-order valence-corrected chi connectivity index (χ4v) is 1.68. The topological polar surface area (TPSA) is 95.3 Å². The van der Waals surface area contributed by atoms with Crippen molar-refractivity contribution in [2.45, 2.75) is 13.5 Å². The molecule has 19 heavy (non-hydrogen) atoms. The normalized spacial score (nSPS) is 10.4. The van der Waals surface area contributed by atoms with Gasteiger partial charge in [0, 0.05) is 11.6 Å². The monoisotopic (exact) mass is 262 g/mol. The van der Waals surface area contributed by atoms with Crippen LogP contribution in [0.2, 0.25) is 0 Å². The number of hydrogen-bond acceptors (Lipinski definition) is 5. The first kappa shape index (κ1) is 12.7. The largest absolute Gasteiger partial charge is 0.456 e. The summed E-state index contributed by atoms with van der Waals surface area (Å²) >= 11 is 0. The summed E-state index contributed by atoms with van der Waals surface area (Å²) in [7, 11) is 0. The molecule has 0 aliphatic carbocycles. The van der Waals surface area contributed by atoms with Crippen LogP contribution in [0.3, 0.4) is 0 Å². The number of hydrogen-bond donors (Lipinski definition) is 0. The van der Waals surface area contributed by atoms with E-state index in [0.717, 1.165) is 0 Å². The highest BCUT2D eigenvalue weighted by Crippen LogP contribution is 2.15. The van der Waals surface area contributed by atoms with E-state index in [1.807, 2.05) is 0 Å². The zero-order valence-electron chi connectivity index (χ0n) is 10.0. The van der Waals surface area contributed by atoms with E-state index in [1.54, 1.807) is 6.07 Å². The maximum atomic E-state index is 11.7. The molecule has 2 heterocycles. The number of rotatable bonds is 4. The number of furan rings is 1. The van der Waals surface area contributed by atoms with Crippen LogP contribution < -0.4 is 5.56 Å². The van der Waals surface area contributed by atoms with Crippen molar-refractivity contribution in [2.75, 3.05) is 0 Å². The molecule has 2 aromatic rings. The van der Waals surface area contributed by atoms with Crippen molar-refractivity contribution < 1.29 is 14.1 Å². The first-order chi connectivity index (χ1) is 9.01. The Morgan fingerprint density at radius 1 is 1.47 bits per heavy atom. The highest BCUT2D eigenvalue weighted by atomic mass is 16.6. The Morgan fingerprint density at radius 2 is 2.21 bits per heavy atom. The van der Waals surface area contributed by atoms with Gasteiger partial charge in [0.1, 0.15) is 5.76 Å². The number of nitrogens with zero attached hydrogens (tertiary/aromatic N) is 2. The van der Waals surface area contributed by atoms with Gasteiger partial charge in [-0.1, -0.05) is 0 Å². The van der Waals surface area contributed by atoms with Crippen molar-refractivity contribution in [3.05, 3.63) is 61.9 Å². The molecule has 0 fully saturated rings. The maximum Gasteiger partial charge on any atom is 0.288 e. The standard InChI is InChI=1S/C12H10N2O5/c1-8-4-12(16)13(6-11(8)14(17)18)5-9-2-3-10(7-15)19-9/h2-4,6-7H,5H2,1H3. The van der Waals surface area contributed by atoms with Crippen LogP contribution >= 0.6 is 0 Å². The van der Waals surface area contributed by atoms with Crippen LogP contribution in [0.5, 0.6) is 0 Å². The van der Waals surface area contributed by atoms with Gasteiger partial charge >= 0.3 is 0 Å². The zero-order chi connectivity index (χ0) is 14.0. The summed E-state index contributed by atoms with van der Waals surface area (Å²) in [5.74, 6) is 0.520. The van der Waals surface area contributed by atoms with Crippen molar-refractivity contribution in [1.29, 1.82) is 0 Å². The van der Waals surface area contributed by atoms with Crippen molar-refractivity contribution >= 4 is 12.0 Å². The second kappa shape index (κ2) is 4.89. The van der Waals surface area contributed by atoms with E-state index in [1.165, 1.54) is 29.8 Å². The van der Waals surface area contributed by atoms with Crippen molar-refractivity contribution in [3.8, 4) is 0 Å². The van der Waals surface area contributed by atoms with Gasteiger partial charge in [-0.25, -0.2) is 0 Å². The molecule has 0 radical (unpaired) electrons. The highest BCUT2D eigenvalue weighted by Gasteiger charge is 2.14. The van der Waals surface area contributed by atoms with Crippen LogP contribution in [0.25, 0.3) is 0 Å². The summed E-state index contributed by atoms with van der Waals surface area (Å²) in [5.41, 5.74) is -0.201. The molecular weight excluding hydrogens is 252 g/mol. The average Bonchev–Trinajstić information content (AvgIpc) is 2.80. The quantitative estimate of drug-likeness (QED) is 0.473. The van der Waals surface area contributed by atoms with Gasteiger partial charge in [0.05, 0.1) is 17.7 Å². The number of aryl methyl sites for hydroxylation is 1. The Bertz CT molecular complexity index is 698. The van der Waals surface area contributed by atoms with Gasteiger partial charge in [0.25, 0.3) is 11.2 Å². The summed E-state index contributed by atoms with van der Waals surface area (Å²) in [6, 6.07) is 4.21. The van der Waals surface area contributed by atoms with E-state index >= 15 is 0 Å². The highest BCUT2D eigenvalue weighted by molar-refractivity contribution is 5.70. The second-order valence-electron chi connectivity index (χ2n) is 3.99. The van der Waals surface area contributed by atoms with Crippen molar-refractivity contribution in [1.82, 2.24) is 4.57 Å². The molecule has 0 bridgehead atoms. The molecule has 0 aromatic carbocycles. The van der Waals surface area contributed by atoms with Crippen LogP contribution in [0.15, 0.2) is 33.6 Å². The number of aromatic nitrogens is 1. The van der Waals surface area contributed by atoms with Gasteiger partial charge < -0.3 is 8.98 Å². The Morgan fingerprint density at radius 3 is 2.79 bits per heavy atom. The number of carbonyl (C=O) groups is 1. The Balaban J connectivity index is 2.39. The van der Waals surface area contributed by atoms with Crippen LogP contribution in [0.4, 0.5) is 5.69 Å². The third kappa shape index (κ3) is 2.59. The minimum atomic E-state index is -0.551. The van der Waals surface area contributed by atoms with Crippen LogP contribution in [0, 0.1) is 17.0 Å². The molecule has 7 heteroatoms. The third-order valence-electron chi connectivity index (χ3n) is 2.63. The lowest BCUT2D eigenvalue weighted by Gasteiger charge is -2.04. The minimum absolute atomic E-state index is 0.0355. The number of nitro groups is 1. The van der Waals surface area contributed by atoms with Crippen molar-refractivity contribution in [3.63, 3.8) is 0 Å². The number of aldehydes is 1. The molecule has 0 amide bonds. The predicted octanol–water partition coefficient (Wildman–Crippen LogP) is 1.52. The minimum Gasteiger partial charge on any atom is -0.456 e. The van der Waals surface area contributed by atoms with E-state index in [0.29, 0.717) is 17.6 Å². The molecule has 0 saturated carbocycles. The van der Waals surface area contributed by atoms with E-state index in [2.05, 4.69) is 0 Å². The van der Waals surface area contributed by atoms with Crippen LogP contribution in [-0.4, -0.2) is 15.8 Å². The van der Waals surface area contributed by atoms with Gasteiger partial charge in [-0.15, -0.1) is 0 Å². The molecule has 7 nitrogen and oxygen atoms in total. The molecule has 0 aliphatic rings. The fraction of sp³-hybridized carbons (Fsp3) is 0.167. The van der Waals surface area contributed by atoms with Gasteiger partial charge in [-0.3, -0.25) is 19.7 Å². The van der Waals surface area contributed by atoms with Crippen LogP contribution in [-0.2, 0) is 6.54 Å². The molecule has 0 aliphatic heterocycles. The van der Waals surface area contributed by atoms with E-state index in [4.69, 9.17) is 4.42 Å². The summed E-state index contributed by atoms with van der Waals surface area (Å²) in [6.07, 6.45) is 1.71. The zero-order valence-corrected chi connectivity index (χ0v) is 10.0. The molecular formula is C12H10N2O5. The van der Waals surface area contributed by atoms with Gasteiger partial charge in [-0.05, 0) is 19.1 Å². The molecule has 0 N–H and O–H groups in total. The summed E-state index contributed by atoms with van der Waals surface area (Å²) in [6.45, 7) is 1.54. The fourth-order valence-electron chi connectivity index (χ4n) is 1.68. The molecule has 0 spiro atoms. The lowest BCUT2D eigenvalue weighted by atomic mass is 10.2. The summed E-state index contributed by atoms with van der Waals surface area (Å²) < 4.78 is 6.29. The molecule has 2 rings (SSSR count). The second-order valence-corrected chi connectivity index (χ2v) is 3.99. The lowest BCUT2D eigenvalue weighted by molar-refractivity contribution is -0.385. The SMILES string of the molecule is Cc1cc(=O)n(Cc2ccc(C=O)o2)cc1[N+](=O)[O-]. The Kier molecular flexibility index (Phi) is 3.28. The van der Waals surface area contributed by atoms with E-state index in [9.17, 15) is 19.7 Å². The maximum absolute atomic E-state index is 11.7. The predicted molar refractivity (Wildman–Crippen MR) is 65.3 cm³/mol. The first-order valence-corrected chi connectivity index (χ1v) is 5.40. The third-order valence-corrected chi connectivity index (χ3v) is 2.63. The molecule has 2 aromatic heterocycles. The number of carbonyl (C=O) groups excluding carboxylic acids is 1. The molecule has 0 unspecified atom stereocenters. The lowest BCUT2D eigenvalue weighted by Crippen LogP contribution is -2.20. The number of pyridine rings is 1. The van der Waals surface area contributed by atoms with Gasteiger partial charge in [-0.2, -0.15) is 0 Å². The average molecular weight is 262 g/mol. The van der Waals surface area contributed by atoms with Crippen molar-refractivity contribution in [2.24, 2.45) is 0 Å². The first-order valence-electron chi connectivity index (χ1n) is 5.40. The summed E-state index contributed by atoms with van der Waals surface area (Å²) in [5, 5.41) is 10.8. The molecule has 98 valence electrons. The summed E-state index contributed by atoms with van der Waals surface area (Å²) in [4.78, 5) is 32.5. The van der Waals surface area contributed by atoms with Gasteiger partial charge in [0.15, 0.2) is 12.0 Å². The smallest absolute Gasteiger partial charge is 0.288 e. The van der Waals surface area contributed by atoms with E-state index in [-0.39, 0.29) is 23.6 Å². The molecule has 0 atom stereocenters. The Labute approximate surface area is 107 Å². The van der Waals surface area contributed by atoms with Gasteiger partial charge in [0.2, 0.25) is 0 Å². The Hall–Kier alpha value is -2.70. The van der Waals surface area contributed by atoms with Crippen LogP contribution in [0.1, 0.15) is 21.9 Å².